The van der Waals surface area contributed by atoms with Crippen LogP contribution >= 0.6 is 0 Å². The van der Waals surface area contributed by atoms with Gasteiger partial charge in [-0.2, -0.15) is 0 Å². The van der Waals surface area contributed by atoms with Crippen LogP contribution in [0.2, 0.25) is 0 Å². The van der Waals surface area contributed by atoms with E-state index in [0.29, 0.717) is 140 Å². The summed E-state index contributed by atoms with van der Waals surface area (Å²) in [6.45, 7) is 12.5. The van der Waals surface area contributed by atoms with Crippen molar-refractivity contribution in [2.45, 2.75) is 234 Å². The van der Waals surface area contributed by atoms with Gasteiger partial charge in [0.25, 0.3) is 0 Å². The Bertz CT molecular complexity index is 2660. The Morgan fingerprint density at radius 2 is 0.344 bits per heavy atom. The zero-order valence-electron chi connectivity index (χ0n) is 54.5. The molecule has 6 aromatic carbocycles. The first-order valence-corrected chi connectivity index (χ1v) is 33.7. The maximum atomic E-state index is 14.1. The average Bonchev–Trinajstić information content (AvgIpc) is 1.18. The molecule has 6 aromatic rings. The molecule has 0 spiro atoms. The second-order valence-corrected chi connectivity index (χ2v) is 24.1. The molecule has 0 amide bonds. The fourth-order valence-electron chi connectivity index (χ4n) is 11.6. The summed E-state index contributed by atoms with van der Waals surface area (Å²) >= 11 is 0. The second kappa shape index (κ2) is 37.3. The molecular weight excluding hydrogens is 1130 g/mol. The predicted molar refractivity (Wildman–Crippen MR) is 354 cm³/mol. The number of unbranched alkanes of at least 4 members (excludes halogenated alkanes) is 12. The molecule has 12 bridgehead atoms. The van der Waals surface area contributed by atoms with Crippen LogP contribution in [0.15, 0.2) is 109 Å². The highest BCUT2D eigenvalue weighted by atomic mass is 16.6. The molecular formula is C78H96O12. The van der Waals surface area contributed by atoms with Gasteiger partial charge in [-0.25, -0.2) is 0 Å². The third-order valence-corrected chi connectivity index (χ3v) is 16.6. The van der Waals surface area contributed by atoms with Gasteiger partial charge in [0.05, 0.1) is 0 Å². The Labute approximate surface area is 535 Å². The molecule has 0 saturated heterocycles. The number of hydrogen-bond donors (Lipinski definition) is 0. The number of hydrogen-bond acceptors (Lipinski definition) is 12. The van der Waals surface area contributed by atoms with E-state index in [1.54, 1.807) is 0 Å². The van der Waals surface area contributed by atoms with E-state index in [1.165, 1.54) is 0 Å². The number of esters is 6. The van der Waals surface area contributed by atoms with E-state index in [1.807, 2.05) is 109 Å². The summed E-state index contributed by atoms with van der Waals surface area (Å²) in [5.41, 5.74) is 8.12. The van der Waals surface area contributed by atoms with E-state index in [4.69, 9.17) is 28.4 Å². The van der Waals surface area contributed by atoms with Gasteiger partial charge in [0.1, 0.15) is 34.5 Å². The third-order valence-electron chi connectivity index (χ3n) is 16.6. The molecule has 0 heterocycles. The summed E-state index contributed by atoms with van der Waals surface area (Å²) in [5, 5.41) is 0. The van der Waals surface area contributed by atoms with Gasteiger partial charge in [0.2, 0.25) is 0 Å². The maximum Gasteiger partial charge on any atom is 0.311 e. The lowest BCUT2D eigenvalue weighted by Crippen LogP contribution is -2.15. The Morgan fingerprint density at radius 3 is 0.456 bits per heavy atom. The number of fused-ring (bicyclic) bond motifs is 12. The summed E-state index contributed by atoms with van der Waals surface area (Å²) in [5.74, 6) is -0.0636. The van der Waals surface area contributed by atoms with Crippen LogP contribution in [0.5, 0.6) is 34.5 Å². The van der Waals surface area contributed by atoms with Crippen molar-refractivity contribution in [3.63, 3.8) is 0 Å². The van der Waals surface area contributed by atoms with Crippen molar-refractivity contribution >= 4 is 35.8 Å². The maximum absolute atomic E-state index is 14.1. The molecule has 1 aliphatic rings. The fraction of sp³-hybridized carbons (Fsp3) is 0.462. The summed E-state index contributed by atoms with van der Waals surface area (Å²) in [6, 6.07) is 34.7. The van der Waals surface area contributed by atoms with Crippen LogP contribution in [0.25, 0.3) is 0 Å². The number of carbonyl (C=O) groups is 6. The van der Waals surface area contributed by atoms with Crippen LogP contribution in [0.1, 0.15) is 262 Å². The van der Waals surface area contributed by atoms with Gasteiger partial charge in [0, 0.05) is 77.0 Å². The van der Waals surface area contributed by atoms with Gasteiger partial charge < -0.3 is 28.4 Å². The average molecular weight is 1230 g/mol. The molecule has 0 N–H and O–H groups in total. The van der Waals surface area contributed by atoms with E-state index in [2.05, 4.69) is 41.5 Å². The molecule has 0 aromatic heterocycles. The van der Waals surface area contributed by atoms with Crippen molar-refractivity contribution in [2.24, 2.45) is 0 Å². The van der Waals surface area contributed by atoms with Crippen LogP contribution in [0.3, 0.4) is 0 Å². The highest BCUT2D eigenvalue weighted by Gasteiger charge is 2.27. The molecule has 12 nitrogen and oxygen atoms in total. The fourth-order valence-corrected chi connectivity index (χ4v) is 11.6. The largest absolute Gasteiger partial charge is 0.426 e. The SMILES string of the molecule is CCCCCC(=O)Oc1c2cccc1Cc1cccc(c1OC(=O)CCCCC)Cc1cccc(c1OC(=O)CCCCC)Cc1cccc(c1OC(=O)CCCCC)Cc1cccc(c1OC(=O)CCCCC)Cc1cccc(c1OC(=O)CCCCC)C2. The minimum atomic E-state index is -0.380. The van der Waals surface area contributed by atoms with E-state index in [0.717, 1.165) is 77.0 Å². The summed E-state index contributed by atoms with van der Waals surface area (Å²) < 4.78 is 39.1. The van der Waals surface area contributed by atoms with Crippen LogP contribution in [0.4, 0.5) is 0 Å². The zero-order valence-corrected chi connectivity index (χ0v) is 54.5. The Morgan fingerprint density at radius 1 is 0.222 bits per heavy atom. The Kier molecular flexibility index (Phi) is 28.9. The van der Waals surface area contributed by atoms with E-state index < -0.39 is 0 Å². The number of para-hydroxylation sites is 6. The molecule has 0 unspecified atom stereocenters. The number of ether oxygens (including phenoxy) is 6. The van der Waals surface area contributed by atoms with E-state index in [9.17, 15) is 28.8 Å². The van der Waals surface area contributed by atoms with E-state index >= 15 is 0 Å². The monoisotopic (exact) mass is 1220 g/mol. The lowest BCUT2D eigenvalue weighted by molar-refractivity contribution is -0.135. The zero-order chi connectivity index (χ0) is 64.0. The standard InChI is InChI=1S/C78H96O12/c1-7-13-19-43-67(79)85-73-55-31-25-32-56(73)50-58-34-27-36-60(75(58)87-69(81)45-21-15-9-3)52-62-38-29-40-64(77(62)89-71(83)47-23-17-11-5)54-66-42-30-41-65(78(66)90-72(84)48-24-18-12-6)53-63-39-28-37-61(76(63)88-70(82)46-22-16-10-4)51-59-35-26-33-57(49-55)74(59)86-68(80)44-20-14-8-2/h25-42H,7-24,43-54H2,1-6H3. The Balaban J connectivity index is 1.52. The lowest BCUT2D eigenvalue weighted by Gasteiger charge is -2.21. The molecule has 0 atom stereocenters. The molecule has 90 heavy (non-hydrogen) atoms. The summed E-state index contributed by atoms with van der Waals surface area (Å²) in [7, 11) is 0. The quantitative estimate of drug-likeness (QED) is 0.0239. The number of carbonyl (C=O) groups excluding carboxylic acids is 6. The third kappa shape index (κ3) is 21.1. The van der Waals surface area contributed by atoms with Crippen molar-refractivity contribution < 1.29 is 57.2 Å². The normalized spacial score (nSPS) is 12.1. The van der Waals surface area contributed by atoms with Gasteiger partial charge in [-0.15, -0.1) is 0 Å². The first kappa shape index (κ1) is 69.6. The van der Waals surface area contributed by atoms with Crippen LogP contribution in [0, 0.1) is 0 Å². The van der Waals surface area contributed by atoms with Crippen molar-refractivity contribution in [3.05, 3.63) is 176 Å². The van der Waals surface area contributed by atoms with Crippen molar-refractivity contribution in [1.29, 1.82) is 0 Å². The lowest BCUT2D eigenvalue weighted by atomic mass is 9.91. The minimum absolute atomic E-state index is 0.196. The molecule has 1 aliphatic carbocycles. The predicted octanol–water partition coefficient (Wildman–Crippen LogP) is 18.5. The topological polar surface area (TPSA) is 158 Å². The van der Waals surface area contributed by atoms with Crippen molar-refractivity contribution in [2.75, 3.05) is 0 Å². The van der Waals surface area contributed by atoms with E-state index in [-0.39, 0.29) is 113 Å². The molecule has 0 radical (unpaired) electrons. The molecule has 12 heteroatoms. The minimum Gasteiger partial charge on any atom is -0.426 e. The van der Waals surface area contributed by atoms with Gasteiger partial charge in [-0.3, -0.25) is 28.8 Å². The first-order valence-electron chi connectivity index (χ1n) is 33.7. The second-order valence-electron chi connectivity index (χ2n) is 24.1. The highest BCUT2D eigenvalue weighted by molar-refractivity contribution is 5.78. The summed E-state index contributed by atoms with van der Waals surface area (Å²) in [4.78, 5) is 84.6. The number of rotatable bonds is 30. The van der Waals surface area contributed by atoms with Crippen molar-refractivity contribution in [1.82, 2.24) is 0 Å². The van der Waals surface area contributed by atoms with Crippen LogP contribution < -0.4 is 28.4 Å². The smallest absolute Gasteiger partial charge is 0.311 e. The van der Waals surface area contributed by atoms with Gasteiger partial charge in [-0.05, 0) is 105 Å². The molecule has 480 valence electrons. The molecule has 0 fully saturated rings. The molecule has 7 rings (SSSR count). The highest BCUT2D eigenvalue weighted by Crippen LogP contribution is 2.41. The summed E-state index contributed by atoms with van der Waals surface area (Å²) in [6.07, 6.45) is 17.0. The first-order chi connectivity index (χ1) is 43.9. The molecule has 0 aliphatic heterocycles. The van der Waals surface area contributed by atoms with Crippen LogP contribution in [-0.4, -0.2) is 35.8 Å². The van der Waals surface area contributed by atoms with Crippen molar-refractivity contribution in [3.8, 4) is 34.5 Å². The van der Waals surface area contributed by atoms with Gasteiger partial charge >= 0.3 is 35.8 Å². The van der Waals surface area contributed by atoms with Gasteiger partial charge in [-0.1, -0.05) is 228 Å². The Hall–Kier alpha value is -7.86. The van der Waals surface area contributed by atoms with Crippen LogP contribution in [-0.2, 0) is 67.3 Å². The van der Waals surface area contributed by atoms with Gasteiger partial charge in [0.15, 0.2) is 0 Å². The molecule has 0 saturated carbocycles. The number of benzene rings is 6.